The number of nitrogens with two attached hydrogens (primary N) is 2. The highest BCUT2D eigenvalue weighted by molar-refractivity contribution is 5.95. The minimum atomic E-state index is -0.567. The number of nitrogens with zero attached hydrogens (tertiary/aromatic N) is 1. The van der Waals surface area contributed by atoms with Crippen molar-refractivity contribution in [1.82, 2.24) is 10.3 Å². The number of aromatic nitrogens is 1. The van der Waals surface area contributed by atoms with Crippen molar-refractivity contribution < 1.29 is 9.59 Å². The van der Waals surface area contributed by atoms with Crippen LogP contribution in [0.2, 0.25) is 0 Å². The van der Waals surface area contributed by atoms with E-state index < -0.39 is 5.91 Å². The first-order chi connectivity index (χ1) is 9.08. The Morgan fingerprint density at radius 1 is 1.42 bits per heavy atom. The van der Waals surface area contributed by atoms with Crippen LogP contribution in [0.15, 0.2) is 18.3 Å². The number of rotatable bonds is 7. The number of unbranched alkanes of at least 4 members (excludes halogenated alkanes) is 1. The highest BCUT2D eigenvalue weighted by Gasteiger charge is 2.13. The maximum Gasteiger partial charge on any atom is 0.270 e. The second kappa shape index (κ2) is 7.48. The van der Waals surface area contributed by atoms with Crippen LogP contribution in [0.5, 0.6) is 0 Å². The Morgan fingerprint density at radius 3 is 2.63 bits per heavy atom. The van der Waals surface area contributed by atoms with Crippen molar-refractivity contribution in [1.29, 1.82) is 0 Å². The van der Waals surface area contributed by atoms with Gasteiger partial charge in [-0.1, -0.05) is 19.8 Å². The minimum Gasteiger partial charge on any atom is -0.366 e. The van der Waals surface area contributed by atoms with Crippen molar-refractivity contribution in [3.8, 4) is 0 Å². The summed E-state index contributed by atoms with van der Waals surface area (Å²) in [6.45, 7) is 2.48. The third-order valence-corrected chi connectivity index (χ3v) is 2.81. The molecule has 104 valence electrons. The average Bonchev–Trinajstić information content (AvgIpc) is 2.43. The molecule has 0 aliphatic rings. The van der Waals surface area contributed by atoms with Gasteiger partial charge in [0.1, 0.15) is 5.69 Å². The Labute approximate surface area is 112 Å². The van der Waals surface area contributed by atoms with E-state index >= 15 is 0 Å². The minimum absolute atomic E-state index is 0.0509. The number of carbonyl (C=O) groups is 2. The van der Waals surface area contributed by atoms with E-state index in [-0.39, 0.29) is 23.2 Å². The van der Waals surface area contributed by atoms with Crippen molar-refractivity contribution in [3.63, 3.8) is 0 Å². The second-order valence-electron chi connectivity index (χ2n) is 4.34. The topological polar surface area (TPSA) is 111 Å². The van der Waals surface area contributed by atoms with Crippen LogP contribution in [-0.4, -0.2) is 29.4 Å². The summed E-state index contributed by atoms with van der Waals surface area (Å²) in [6, 6.07) is 2.90. The quantitative estimate of drug-likeness (QED) is 0.663. The van der Waals surface area contributed by atoms with Gasteiger partial charge in [-0.05, 0) is 18.6 Å². The van der Waals surface area contributed by atoms with Gasteiger partial charge in [-0.25, -0.2) is 0 Å². The van der Waals surface area contributed by atoms with Crippen molar-refractivity contribution in [2.75, 3.05) is 6.54 Å². The van der Waals surface area contributed by atoms with Crippen LogP contribution in [0.4, 0.5) is 0 Å². The summed E-state index contributed by atoms with van der Waals surface area (Å²) in [7, 11) is 0. The summed E-state index contributed by atoms with van der Waals surface area (Å²) < 4.78 is 0. The summed E-state index contributed by atoms with van der Waals surface area (Å²) >= 11 is 0. The summed E-state index contributed by atoms with van der Waals surface area (Å²) in [5, 5.41) is 2.82. The third kappa shape index (κ3) is 4.67. The third-order valence-electron chi connectivity index (χ3n) is 2.81. The van der Waals surface area contributed by atoms with Crippen molar-refractivity contribution >= 4 is 11.8 Å². The van der Waals surface area contributed by atoms with Crippen LogP contribution in [0.25, 0.3) is 0 Å². The molecule has 0 bridgehead atoms. The van der Waals surface area contributed by atoms with Gasteiger partial charge in [-0.2, -0.15) is 0 Å². The molecule has 0 aliphatic heterocycles. The maximum absolute atomic E-state index is 11.9. The van der Waals surface area contributed by atoms with Gasteiger partial charge in [0.05, 0.1) is 5.56 Å². The Bertz CT molecular complexity index is 431. The van der Waals surface area contributed by atoms with Gasteiger partial charge in [0, 0.05) is 18.8 Å². The molecule has 0 saturated carbocycles. The SMILES string of the molecule is CCCCC(CN)NC(=O)c1ccc(C(N)=O)cn1. The molecule has 6 heteroatoms. The number of hydrogen-bond acceptors (Lipinski definition) is 4. The fourth-order valence-corrected chi connectivity index (χ4v) is 1.63. The molecule has 0 aromatic carbocycles. The maximum atomic E-state index is 11.9. The van der Waals surface area contributed by atoms with Crippen LogP contribution < -0.4 is 16.8 Å². The van der Waals surface area contributed by atoms with Gasteiger partial charge < -0.3 is 16.8 Å². The molecule has 6 nitrogen and oxygen atoms in total. The Hall–Kier alpha value is -1.95. The Balaban J connectivity index is 2.63. The molecule has 0 spiro atoms. The first kappa shape index (κ1) is 15.1. The zero-order valence-corrected chi connectivity index (χ0v) is 11.1. The predicted molar refractivity (Wildman–Crippen MR) is 72.6 cm³/mol. The lowest BCUT2D eigenvalue weighted by Crippen LogP contribution is -2.40. The van der Waals surface area contributed by atoms with E-state index in [0.29, 0.717) is 6.54 Å². The van der Waals surface area contributed by atoms with E-state index in [1.807, 2.05) is 0 Å². The number of amides is 2. The number of hydrogen-bond donors (Lipinski definition) is 3. The molecule has 1 unspecified atom stereocenters. The van der Waals surface area contributed by atoms with Gasteiger partial charge in [0.15, 0.2) is 0 Å². The van der Waals surface area contributed by atoms with Gasteiger partial charge in [0.2, 0.25) is 5.91 Å². The lowest BCUT2D eigenvalue weighted by molar-refractivity contribution is 0.0928. The fourth-order valence-electron chi connectivity index (χ4n) is 1.63. The molecule has 0 aliphatic carbocycles. The molecule has 0 fully saturated rings. The summed E-state index contributed by atoms with van der Waals surface area (Å²) in [5.74, 6) is -0.857. The Morgan fingerprint density at radius 2 is 2.16 bits per heavy atom. The number of nitrogens with one attached hydrogen (secondary N) is 1. The lowest BCUT2D eigenvalue weighted by atomic mass is 10.1. The summed E-state index contributed by atoms with van der Waals surface area (Å²) in [6.07, 6.45) is 4.20. The van der Waals surface area contributed by atoms with E-state index in [9.17, 15) is 9.59 Å². The molecule has 0 saturated heterocycles. The molecule has 0 radical (unpaired) electrons. The van der Waals surface area contributed by atoms with E-state index in [4.69, 9.17) is 11.5 Å². The normalized spacial score (nSPS) is 11.9. The standard InChI is InChI=1S/C13H20N4O2/c1-2-3-4-10(7-14)17-13(19)11-6-5-9(8-16-11)12(15)18/h5-6,8,10H,2-4,7,14H2,1H3,(H2,15,18)(H,17,19). The average molecular weight is 264 g/mol. The van der Waals surface area contributed by atoms with Gasteiger partial charge >= 0.3 is 0 Å². The smallest absolute Gasteiger partial charge is 0.270 e. The molecule has 1 aromatic heterocycles. The zero-order chi connectivity index (χ0) is 14.3. The number of primary amides is 1. The first-order valence-electron chi connectivity index (χ1n) is 6.35. The van der Waals surface area contributed by atoms with Gasteiger partial charge in [0.25, 0.3) is 5.91 Å². The van der Waals surface area contributed by atoms with Crippen LogP contribution in [-0.2, 0) is 0 Å². The van der Waals surface area contributed by atoms with Crippen molar-refractivity contribution in [2.24, 2.45) is 11.5 Å². The van der Waals surface area contributed by atoms with E-state index in [0.717, 1.165) is 19.3 Å². The van der Waals surface area contributed by atoms with Crippen molar-refractivity contribution in [3.05, 3.63) is 29.6 Å². The van der Waals surface area contributed by atoms with Gasteiger partial charge in [-0.15, -0.1) is 0 Å². The molecule has 1 rings (SSSR count). The molecule has 5 N–H and O–H groups in total. The van der Waals surface area contributed by atoms with Crippen LogP contribution in [0.1, 0.15) is 47.0 Å². The number of carbonyl (C=O) groups excluding carboxylic acids is 2. The molecule has 2 amide bonds. The molecule has 1 atom stereocenters. The predicted octanol–water partition coefficient (Wildman–Crippen LogP) is 0.428. The molecule has 19 heavy (non-hydrogen) atoms. The largest absolute Gasteiger partial charge is 0.366 e. The van der Waals surface area contributed by atoms with Crippen LogP contribution in [0, 0.1) is 0 Å². The van der Waals surface area contributed by atoms with E-state index in [1.54, 1.807) is 0 Å². The summed E-state index contributed by atoms with van der Waals surface area (Å²) in [5.41, 5.74) is 11.2. The zero-order valence-electron chi connectivity index (χ0n) is 11.1. The summed E-state index contributed by atoms with van der Waals surface area (Å²) in [4.78, 5) is 26.7. The van der Waals surface area contributed by atoms with Gasteiger partial charge in [-0.3, -0.25) is 14.6 Å². The second-order valence-corrected chi connectivity index (χ2v) is 4.34. The van der Waals surface area contributed by atoms with Crippen molar-refractivity contribution in [2.45, 2.75) is 32.2 Å². The molecule has 1 aromatic rings. The fraction of sp³-hybridized carbons (Fsp3) is 0.462. The molecular weight excluding hydrogens is 244 g/mol. The van der Waals surface area contributed by atoms with Crippen LogP contribution >= 0.6 is 0 Å². The lowest BCUT2D eigenvalue weighted by Gasteiger charge is -2.16. The number of pyridine rings is 1. The highest BCUT2D eigenvalue weighted by atomic mass is 16.2. The monoisotopic (exact) mass is 264 g/mol. The Kier molecular flexibility index (Phi) is 5.95. The van der Waals surface area contributed by atoms with Crippen LogP contribution in [0.3, 0.4) is 0 Å². The molecule has 1 heterocycles. The first-order valence-corrected chi connectivity index (χ1v) is 6.35. The highest BCUT2D eigenvalue weighted by Crippen LogP contribution is 2.03. The molecular formula is C13H20N4O2. The van der Waals surface area contributed by atoms with E-state index in [2.05, 4.69) is 17.2 Å². The van der Waals surface area contributed by atoms with E-state index in [1.165, 1.54) is 18.3 Å².